The van der Waals surface area contributed by atoms with Gasteiger partial charge in [0.15, 0.2) is 10.3 Å². The summed E-state index contributed by atoms with van der Waals surface area (Å²) in [5.41, 5.74) is 1.29. The lowest BCUT2D eigenvalue weighted by Crippen LogP contribution is -2.16. The highest BCUT2D eigenvalue weighted by Gasteiger charge is 2.18. The topological polar surface area (TPSA) is 89.8 Å². The number of nitrogens with one attached hydrogen (secondary N) is 1. The molecule has 0 bridgehead atoms. The number of benzene rings is 2. The first kappa shape index (κ1) is 22.5. The van der Waals surface area contributed by atoms with E-state index in [1.165, 1.54) is 6.20 Å². The van der Waals surface area contributed by atoms with Crippen LogP contribution < -0.4 is 4.72 Å². The molecule has 0 aliphatic carbocycles. The number of rotatable bonds is 7. The van der Waals surface area contributed by atoms with E-state index < -0.39 is 10.0 Å². The summed E-state index contributed by atoms with van der Waals surface area (Å²) in [6.07, 6.45) is 1.49. The Labute approximate surface area is 204 Å². The third-order valence-electron chi connectivity index (χ3n) is 4.33. The zero-order chi connectivity index (χ0) is 22.0. The van der Waals surface area contributed by atoms with Crippen LogP contribution in [-0.4, -0.2) is 33.3 Å². The SMILES string of the molecule is O=S(=O)(CSc1nnc(Br)n1Cc1ccc(Br)c2ccccc12)Nc1cccnc1Cl. The van der Waals surface area contributed by atoms with Crippen molar-refractivity contribution in [3.05, 3.63) is 74.7 Å². The quantitative estimate of drug-likeness (QED) is 0.220. The Hall–Kier alpha value is -1.66. The summed E-state index contributed by atoms with van der Waals surface area (Å²) in [6.45, 7) is 0.478. The lowest BCUT2D eigenvalue weighted by molar-refractivity contribution is 0.605. The molecule has 31 heavy (non-hydrogen) atoms. The molecule has 0 aliphatic heterocycles. The maximum Gasteiger partial charge on any atom is 0.242 e. The molecular formula is C19H14Br2ClN5O2S2. The van der Waals surface area contributed by atoms with Gasteiger partial charge in [0, 0.05) is 10.7 Å². The van der Waals surface area contributed by atoms with Crippen LogP contribution >= 0.6 is 55.2 Å². The van der Waals surface area contributed by atoms with Gasteiger partial charge in [-0.25, -0.2) is 13.4 Å². The van der Waals surface area contributed by atoms with Crippen molar-refractivity contribution in [2.24, 2.45) is 0 Å². The summed E-state index contributed by atoms with van der Waals surface area (Å²) >= 11 is 14.0. The summed E-state index contributed by atoms with van der Waals surface area (Å²) in [7, 11) is -3.69. The number of fused-ring (bicyclic) bond motifs is 1. The highest BCUT2D eigenvalue weighted by atomic mass is 79.9. The average Bonchev–Trinajstić information content (AvgIpc) is 3.10. The Morgan fingerprint density at radius 1 is 1.03 bits per heavy atom. The van der Waals surface area contributed by atoms with Gasteiger partial charge in [0.25, 0.3) is 0 Å². The van der Waals surface area contributed by atoms with E-state index in [2.05, 4.69) is 51.8 Å². The summed E-state index contributed by atoms with van der Waals surface area (Å²) in [5.74, 6) is 0. The number of hydrogen-bond acceptors (Lipinski definition) is 6. The monoisotopic (exact) mass is 601 g/mol. The third-order valence-corrected chi connectivity index (χ3v) is 8.71. The van der Waals surface area contributed by atoms with Crippen LogP contribution in [0.1, 0.15) is 5.56 Å². The molecule has 0 aliphatic rings. The van der Waals surface area contributed by atoms with Crippen molar-refractivity contribution in [1.82, 2.24) is 19.7 Å². The molecule has 4 aromatic rings. The van der Waals surface area contributed by atoms with Gasteiger partial charge in [-0.05, 0) is 50.5 Å². The largest absolute Gasteiger partial charge is 0.292 e. The second-order valence-corrected chi connectivity index (χ2v) is 11.4. The second-order valence-electron chi connectivity index (χ2n) is 6.41. The third kappa shape index (κ3) is 5.23. The minimum atomic E-state index is -3.69. The van der Waals surface area contributed by atoms with Gasteiger partial charge < -0.3 is 0 Å². The van der Waals surface area contributed by atoms with E-state index in [1.807, 2.05) is 41.0 Å². The van der Waals surface area contributed by atoms with E-state index >= 15 is 0 Å². The number of thioether (sulfide) groups is 1. The van der Waals surface area contributed by atoms with Crippen molar-refractivity contribution in [3.63, 3.8) is 0 Å². The highest BCUT2D eigenvalue weighted by molar-refractivity contribution is 9.10. The Bertz CT molecular complexity index is 1360. The summed E-state index contributed by atoms with van der Waals surface area (Å²) < 4.78 is 30.8. The molecule has 0 spiro atoms. The van der Waals surface area contributed by atoms with Gasteiger partial charge >= 0.3 is 0 Å². The maximum atomic E-state index is 12.5. The van der Waals surface area contributed by atoms with Crippen LogP contribution in [0.4, 0.5) is 5.69 Å². The zero-order valence-corrected chi connectivity index (χ0v) is 21.2. The van der Waals surface area contributed by atoms with Crippen LogP contribution in [0, 0.1) is 0 Å². The number of nitrogens with zero attached hydrogens (tertiary/aromatic N) is 4. The molecule has 0 radical (unpaired) electrons. The molecule has 160 valence electrons. The fraction of sp³-hybridized carbons (Fsp3) is 0.105. The molecule has 4 rings (SSSR count). The molecule has 2 aromatic heterocycles. The maximum absolute atomic E-state index is 12.5. The average molecular weight is 604 g/mol. The van der Waals surface area contributed by atoms with Crippen LogP contribution in [0.3, 0.4) is 0 Å². The van der Waals surface area contributed by atoms with Gasteiger partial charge in [-0.1, -0.05) is 69.6 Å². The van der Waals surface area contributed by atoms with Gasteiger partial charge in [0.2, 0.25) is 14.8 Å². The molecule has 2 aromatic carbocycles. The first-order valence-corrected chi connectivity index (χ1v) is 13.4. The molecule has 0 fully saturated rings. The van der Waals surface area contributed by atoms with Crippen molar-refractivity contribution in [3.8, 4) is 0 Å². The number of aromatic nitrogens is 4. The van der Waals surface area contributed by atoms with E-state index in [-0.39, 0.29) is 15.9 Å². The minimum Gasteiger partial charge on any atom is -0.292 e. The van der Waals surface area contributed by atoms with Gasteiger partial charge in [-0.15, -0.1) is 10.2 Å². The molecule has 0 unspecified atom stereocenters. The van der Waals surface area contributed by atoms with Crippen LogP contribution in [0.5, 0.6) is 0 Å². The first-order valence-electron chi connectivity index (χ1n) is 8.83. The van der Waals surface area contributed by atoms with Crippen LogP contribution in [0.25, 0.3) is 10.8 Å². The van der Waals surface area contributed by atoms with Crippen molar-refractivity contribution in [2.45, 2.75) is 11.7 Å². The van der Waals surface area contributed by atoms with E-state index in [0.29, 0.717) is 16.4 Å². The normalized spacial score (nSPS) is 11.7. The first-order chi connectivity index (χ1) is 14.8. The van der Waals surface area contributed by atoms with E-state index in [1.54, 1.807) is 12.1 Å². The minimum absolute atomic E-state index is 0.0871. The number of pyridine rings is 1. The Morgan fingerprint density at radius 3 is 2.58 bits per heavy atom. The Balaban J connectivity index is 1.55. The van der Waals surface area contributed by atoms with Gasteiger partial charge in [-0.2, -0.15) is 0 Å². The fourth-order valence-corrected chi connectivity index (χ4v) is 6.31. The predicted octanol–water partition coefficient (Wildman–Crippen LogP) is 5.54. The van der Waals surface area contributed by atoms with Crippen LogP contribution in [0.15, 0.2) is 69.1 Å². The Kier molecular flexibility index (Phi) is 6.87. The number of halogens is 3. The molecule has 0 saturated carbocycles. The molecule has 12 heteroatoms. The fourth-order valence-electron chi connectivity index (χ4n) is 2.93. The molecule has 0 atom stereocenters. The number of anilines is 1. The molecule has 0 amide bonds. The number of sulfonamides is 1. The molecule has 7 nitrogen and oxygen atoms in total. The van der Waals surface area contributed by atoms with Crippen molar-refractivity contribution >= 4 is 81.7 Å². The number of hydrogen-bond donors (Lipinski definition) is 1. The van der Waals surface area contributed by atoms with Crippen LogP contribution in [0.2, 0.25) is 5.15 Å². The molecular weight excluding hydrogens is 590 g/mol. The van der Waals surface area contributed by atoms with Crippen molar-refractivity contribution in [1.29, 1.82) is 0 Å². The molecule has 2 heterocycles. The lowest BCUT2D eigenvalue weighted by Gasteiger charge is -2.12. The zero-order valence-electron chi connectivity index (χ0n) is 15.7. The Morgan fingerprint density at radius 2 is 1.81 bits per heavy atom. The van der Waals surface area contributed by atoms with Gasteiger partial charge in [0.1, 0.15) is 5.08 Å². The predicted molar refractivity (Wildman–Crippen MR) is 131 cm³/mol. The summed E-state index contributed by atoms with van der Waals surface area (Å²) in [4.78, 5) is 3.87. The van der Waals surface area contributed by atoms with Gasteiger partial charge in [0.05, 0.1) is 12.2 Å². The van der Waals surface area contributed by atoms with Crippen molar-refractivity contribution in [2.75, 3.05) is 9.81 Å². The standard InChI is InChI=1S/C19H14Br2ClN5O2S2/c20-15-8-7-12(13-4-1-2-5-14(13)15)10-27-18(21)24-25-19(27)30-11-31(28,29)26-16-6-3-9-23-17(16)22/h1-9,26H,10-11H2. The second kappa shape index (κ2) is 9.45. The highest BCUT2D eigenvalue weighted by Crippen LogP contribution is 2.30. The summed E-state index contributed by atoms with van der Waals surface area (Å²) in [6, 6.07) is 15.2. The lowest BCUT2D eigenvalue weighted by atomic mass is 10.0. The van der Waals surface area contributed by atoms with Crippen molar-refractivity contribution < 1.29 is 8.42 Å². The molecule has 1 N–H and O–H groups in total. The van der Waals surface area contributed by atoms with E-state index in [4.69, 9.17) is 11.6 Å². The van der Waals surface area contributed by atoms with Crippen LogP contribution in [-0.2, 0) is 16.6 Å². The smallest absolute Gasteiger partial charge is 0.242 e. The van der Waals surface area contributed by atoms with Gasteiger partial charge in [-0.3, -0.25) is 9.29 Å². The summed E-state index contributed by atoms with van der Waals surface area (Å²) in [5, 5.41) is 10.7. The van der Waals surface area contributed by atoms with E-state index in [0.717, 1.165) is 32.6 Å². The molecule has 0 saturated heterocycles. The van der Waals surface area contributed by atoms with E-state index in [9.17, 15) is 8.42 Å².